The van der Waals surface area contributed by atoms with Gasteiger partial charge in [0.15, 0.2) is 0 Å². The smallest absolute Gasteiger partial charge is 0.229 e. The molecule has 0 spiro atoms. The quantitative estimate of drug-likeness (QED) is 0.410. The van der Waals surface area contributed by atoms with E-state index in [1.165, 1.54) is 5.56 Å². The monoisotopic (exact) mass is 440 g/mol. The molecule has 168 valence electrons. The van der Waals surface area contributed by atoms with Gasteiger partial charge in [0.1, 0.15) is 5.82 Å². The van der Waals surface area contributed by atoms with Crippen LogP contribution in [-0.2, 0) is 11.3 Å². The summed E-state index contributed by atoms with van der Waals surface area (Å²) in [6.07, 6.45) is 5.54. The number of nitrogens with one attached hydrogen (secondary N) is 3. The lowest BCUT2D eigenvalue weighted by atomic mass is 9.97. The molecule has 2 aromatic carbocycles. The SMILES string of the molecule is Cc1ccc(CNC(=O)[C@H]2CCCN(c3ccnc(Nc4ccc5[nH]ccc5c4)n3)C2)cc1. The second kappa shape index (κ2) is 9.32. The number of nitrogens with zero attached hydrogens (tertiary/aromatic N) is 3. The number of aryl methyl sites for hydroxylation is 1. The lowest BCUT2D eigenvalue weighted by molar-refractivity contribution is -0.125. The first kappa shape index (κ1) is 21.0. The minimum Gasteiger partial charge on any atom is -0.361 e. The Kier molecular flexibility index (Phi) is 5.93. The molecule has 0 radical (unpaired) electrons. The standard InChI is InChI=1S/C26H28N6O/c1-18-4-6-19(7-5-18)16-29-25(33)21-3-2-14-32(17-21)24-11-13-28-26(31-24)30-22-8-9-23-20(15-22)10-12-27-23/h4-13,15,21,27H,2-3,14,16-17H2,1H3,(H,29,33)(H,28,30,31)/t21-/m0/s1. The number of hydrogen-bond acceptors (Lipinski definition) is 5. The van der Waals surface area contributed by atoms with E-state index in [0.29, 0.717) is 19.0 Å². The van der Waals surface area contributed by atoms with Crippen molar-refractivity contribution in [1.82, 2.24) is 20.3 Å². The van der Waals surface area contributed by atoms with Gasteiger partial charge in [-0.05, 0) is 55.7 Å². The lowest BCUT2D eigenvalue weighted by Crippen LogP contribution is -2.43. The van der Waals surface area contributed by atoms with E-state index in [1.807, 2.05) is 30.5 Å². The third-order valence-corrected chi connectivity index (χ3v) is 6.15. The van der Waals surface area contributed by atoms with Crippen LogP contribution in [0.2, 0.25) is 0 Å². The highest BCUT2D eigenvalue weighted by Gasteiger charge is 2.26. The van der Waals surface area contributed by atoms with Crippen LogP contribution in [0.1, 0.15) is 24.0 Å². The van der Waals surface area contributed by atoms with Gasteiger partial charge in [-0.25, -0.2) is 4.98 Å². The van der Waals surface area contributed by atoms with Gasteiger partial charge >= 0.3 is 0 Å². The van der Waals surface area contributed by atoms with Crippen molar-refractivity contribution in [3.05, 3.63) is 78.1 Å². The van der Waals surface area contributed by atoms with Crippen LogP contribution in [0, 0.1) is 12.8 Å². The van der Waals surface area contributed by atoms with Crippen molar-refractivity contribution in [3.63, 3.8) is 0 Å². The number of fused-ring (bicyclic) bond motifs is 1. The molecule has 4 aromatic rings. The fourth-order valence-electron chi connectivity index (χ4n) is 4.28. The lowest BCUT2D eigenvalue weighted by Gasteiger charge is -2.33. The number of carbonyl (C=O) groups excluding carboxylic acids is 1. The van der Waals surface area contributed by atoms with Crippen molar-refractivity contribution < 1.29 is 4.79 Å². The van der Waals surface area contributed by atoms with Crippen LogP contribution in [0.4, 0.5) is 17.5 Å². The molecule has 1 fully saturated rings. The van der Waals surface area contributed by atoms with Gasteiger partial charge in [-0.1, -0.05) is 29.8 Å². The van der Waals surface area contributed by atoms with Gasteiger partial charge in [0.05, 0.1) is 5.92 Å². The molecule has 0 unspecified atom stereocenters. The van der Waals surface area contributed by atoms with Crippen molar-refractivity contribution in [2.75, 3.05) is 23.3 Å². The fourth-order valence-corrected chi connectivity index (χ4v) is 4.28. The average Bonchev–Trinajstić information content (AvgIpc) is 3.32. The van der Waals surface area contributed by atoms with E-state index in [-0.39, 0.29) is 11.8 Å². The number of anilines is 3. The van der Waals surface area contributed by atoms with Crippen LogP contribution < -0.4 is 15.5 Å². The van der Waals surface area contributed by atoms with Gasteiger partial charge in [0.25, 0.3) is 0 Å². The summed E-state index contributed by atoms with van der Waals surface area (Å²) in [5, 5.41) is 7.53. The zero-order valence-corrected chi connectivity index (χ0v) is 18.7. The Morgan fingerprint density at radius 2 is 2.03 bits per heavy atom. The number of rotatable bonds is 6. The largest absolute Gasteiger partial charge is 0.361 e. The topological polar surface area (TPSA) is 85.9 Å². The van der Waals surface area contributed by atoms with E-state index < -0.39 is 0 Å². The molecule has 33 heavy (non-hydrogen) atoms. The van der Waals surface area contributed by atoms with Crippen molar-refractivity contribution in [3.8, 4) is 0 Å². The minimum atomic E-state index is -0.0495. The van der Waals surface area contributed by atoms with Gasteiger partial charge in [-0.3, -0.25) is 4.79 Å². The van der Waals surface area contributed by atoms with Crippen molar-refractivity contribution in [2.24, 2.45) is 5.92 Å². The van der Waals surface area contributed by atoms with Gasteiger partial charge in [-0.15, -0.1) is 0 Å². The van der Waals surface area contributed by atoms with Gasteiger partial charge < -0.3 is 20.5 Å². The second-order valence-corrected chi connectivity index (χ2v) is 8.63. The zero-order valence-electron chi connectivity index (χ0n) is 18.7. The van der Waals surface area contributed by atoms with Crippen LogP contribution in [0.25, 0.3) is 10.9 Å². The first-order valence-electron chi connectivity index (χ1n) is 11.4. The van der Waals surface area contributed by atoms with Crippen LogP contribution in [0.3, 0.4) is 0 Å². The molecular weight excluding hydrogens is 412 g/mol. The highest BCUT2D eigenvalue weighted by Crippen LogP contribution is 2.24. The number of aromatic nitrogens is 3. The normalized spacial score (nSPS) is 16.0. The molecule has 1 aliphatic heterocycles. The highest BCUT2D eigenvalue weighted by atomic mass is 16.1. The number of hydrogen-bond donors (Lipinski definition) is 3. The summed E-state index contributed by atoms with van der Waals surface area (Å²) in [7, 11) is 0. The van der Waals surface area contributed by atoms with Crippen molar-refractivity contribution in [2.45, 2.75) is 26.3 Å². The molecule has 3 N–H and O–H groups in total. The van der Waals surface area contributed by atoms with E-state index in [1.54, 1.807) is 6.20 Å². The molecule has 0 bridgehead atoms. The molecule has 1 amide bonds. The summed E-state index contributed by atoms with van der Waals surface area (Å²) in [4.78, 5) is 27.3. The van der Waals surface area contributed by atoms with Gasteiger partial charge in [-0.2, -0.15) is 4.98 Å². The predicted molar refractivity (Wildman–Crippen MR) is 132 cm³/mol. The minimum absolute atomic E-state index is 0.0495. The highest BCUT2D eigenvalue weighted by molar-refractivity contribution is 5.83. The summed E-state index contributed by atoms with van der Waals surface area (Å²) in [5.41, 5.74) is 4.36. The third-order valence-electron chi connectivity index (χ3n) is 6.15. The predicted octanol–water partition coefficient (Wildman–Crippen LogP) is 4.54. The molecular formula is C26H28N6O. The molecule has 0 saturated carbocycles. The van der Waals surface area contributed by atoms with Gasteiger partial charge in [0, 0.05) is 48.6 Å². The zero-order chi connectivity index (χ0) is 22.6. The number of benzene rings is 2. The van der Waals surface area contributed by atoms with Crippen molar-refractivity contribution >= 4 is 34.3 Å². The van der Waals surface area contributed by atoms with Gasteiger partial charge in [0.2, 0.25) is 11.9 Å². The Balaban J connectivity index is 1.22. The Bertz CT molecular complexity index is 1250. The third kappa shape index (κ3) is 4.98. The number of aromatic amines is 1. The van der Waals surface area contributed by atoms with E-state index >= 15 is 0 Å². The van der Waals surface area contributed by atoms with E-state index in [2.05, 4.69) is 62.8 Å². The van der Waals surface area contributed by atoms with Crippen LogP contribution in [0.15, 0.2) is 67.0 Å². The first-order valence-corrected chi connectivity index (χ1v) is 11.4. The number of piperidine rings is 1. The molecule has 1 atom stereocenters. The molecule has 1 saturated heterocycles. The Labute approximate surface area is 193 Å². The number of H-pyrrole nitrogens is 1. The maximum Gasteiger partial charge on any atom is 0.229 e. The molecule has 2 aromatic heterocycles. The van der Waals surface area contributed by atoms with Crippen LogP contribution in [-0.4, -0.2) is 33.9 Å². The van der Waals surface area contributed by atoms with Crippen LogP contribution >= 0.6 is 0 Å². The van der Waals surface area contributed by atoms with Crippen molar-refractivity contribution in [1.29, 1.82) is 0 Å². The first-order chi connectivity index (χ1) is 16.1. The molecule has 3 heterocycles. The Hall–Kier alpha value is -3.87. The second-order valence-electron chi connectivity index (χ2n) is 8.63. The maximum atomic E-state index is 12.8. The molecule has 7 heteroatoms. The Morgan fingerprint density at radius 3 is 2.91 bits per heavy atom. The molecule has 0 aliphatic carbocycles. The summed E-state index contributed by atoms with van der Waals surface area (Å²) < 4.78 is 0. The molecule has 1 aliphatic rings. The summed E-state index contributed by atoms with van der Waals surface area (Å²) in [6.45, 7) is 4.16. The average molecular weight is 441 g/mol. The summed E-state index contributed by atoms with van der Waals surface area (Å²) >= 11 is 0. The number of carbonyl (C=O) groups is 1. The van der Waals surface area contributed by atoms with E-state index in [0.717, 1.165) is 47.4 Å². The van der Waals surface area contributed by atoms with Crippen LogP contribution in [0.5, 0.6) is 0 Å². The fraction of sp³-hybridized carbons (Fsp3) is 0.269. The summed E-state index contributed by atoms with van der Waals surface area (Å²) in [5.74, 6) is 1.44. The van der Waals surface area contributed by atoms with E-state index in [9.17, 15) is 4.79 Å². The summed E-state index contributed by atoms with van der Waals surface area (Å²) in [6, 6.07) is 18.3. The Morgan fingerprint density at radius 1 is 1.15 bits per heavy atom. The number of amides is 1. The molecule has 5 rings (SSSR count). The van der Waals surface area contributed by atoms with E-state index in [4.69, 9.17) is 4.98 Å². The molecule has 7 nitrogen and oxygen atoms in total. The maximum absolute atomic E-state index is 12.8.